The van der Waals surface area contributed by atoms with Crippen molar-refractivity contribution in [2.24, 2.45) is 0 Å². The molecule has 1 heterocycles. The van der Waals surface area contributed by atoms with Crippen molar-refractivity contribution in [2.75, 3.05) is 20.8 Å². The molecule has 2 rings (SSSR count). The molecule has 0 aromatic heterocycles. The Morgan fingerprint density at radius 1 is 1.28 bits per heavy atom. The van der Waals surface area contributed by atoms with Crippen LogP contribution in [0, 0.1) is 10.1 Å². The SMILES string of the molecule is COC(=O)C1CC=C(C(COC(C)=O)[N+](=O)[O-])C(=O)N1Cc1ccc(OC)cc1. The van der Waals surface area contributed by atoms with Gasteiger partial charge in [0.1, 0.15) is 11.8 Å². The van der Waals surface area contributed by atoms with E-state index in [9.17, 15) is 24.5 Å². The van der Waals surface area contributed by atoms with Gasteiger partial charge >= 0.3 is 11.9 Å². The summed E-state index contributed by atoms with van der Waals surface area (Å²) < 4.78 is 14.6. The molecule has 1 aliphatic heterocycles. The van der Waals surface area contributed by atoms with E-state index in [0.29, 0.717) is 11.3 Å². The molecule has 2 unspecified atom stereocenters. The average Bonchev–Trinajstić information content (AvgIpc) is 2.70. The molecule has 0 saturated carbocycles. The first-order valence-electron chi connectivity index (χ1n) is 8.77. The van der Waals surface area contributed by atoms with Crippen LogP contribution in [0.25, 0.3) is 0 Å². The number of hydrogen-bond donors (Lipinski definition) is 0. The second-order valence-electron chi connectivity index (χ2n) is 6.32. The molecule has 1 aromatic carbocycles. The molecular weight excluding hydrogens is 384 g/mol. The first kappa shape index (κ1) is 21.9. The number of benzene rings is 1. The number of methoxy groups -OCH3 is 2. The minimum absolute atomic E-state index is 0.0396. The largest absolute Gasteiger partial charge is 0.497 e. The van der Waals surface area contributed by atoms with Gasteiger partial charge in [-0.3, -0.25) is 19.7 Å². The number of hydrogen-bond acceptors (Lipinski definition) is 8. The Hall–Kier alpha value is -3.43. The monoisotopic (exact) mass is 406 g/mol. The third-order valence-corrected chi connectivity index (χ3v) is 4.49. The smallest absolute Gasteiger partial charge is 0.328 e. The molecule has 1 aliphatic rings. The number of nitrogens with zero attached hydrogens (tertiary/aromatic N) is 2. The Balaban J connectivity index is 2.33. The molecule has 10 nitrogen and oxygen atoms in total. The van der Waals surface area contributed by atoms with E-state index < -0.39 is 41.5 Å². The third-order valence-electron chi connectivity index (χ3n) is 4.49. The number of carbonyl (C=O) groups is 3. The topological polar surface area (TPSA) is 125 Å². The van der Waals surface area contributed by atoms with Crippen LogP contribution in [-0.4, -0.2) is 60.6 Å². The van der Waals surface area contributed by atoms with E-state index in [4.69, 9.17) is 14.2 Å². The van der Waals surface area contributed by atoms with Gasteiger partial charge in [-0.2, -0.15) is 0 Å². The lowest BCUT2D eigenvalue weighted by atomic mass is 9.96. The van der Waals surface area contributed by atoms with Crippen LogP contribution < -0.4 is 4.74 Å². The minimum Gasteiger partial charge on any atom is -0.497 e. The number of amides is 1. The van der Waals surface area contributed by atoms with Crippen molar-refractivity contribution in [3.8, 4) is 5.75 Å². The van der Waals surface area contributed by atoms with E-state index in [0.717, 1.165) is 6.92 Å². The van der Waals surface area contributed by atoms with Crippen LogP contribution in [0.1, 0.15) is 18.9 Å². The lowest BCUT2D eigenvalue weighted by molar-refractivity contribution is -0.514. The lowest BCUT2D eigenvalue weighted by Gasteiger charge is -2.34. The van der Waals surface area contributed by atoms with Crippen LogP contribution in [0.5, 0.6) is 5.75 Å². The predicted molar refractivity (Wildman–Crippen MR) is 99.5 cm³/mol. The number of esters is 2. The highest BCUT2D eigenvalue weighted by Gasteiger charge is 2.42. The first-order chi connectivity index (χ1) is 13.8. The maximum absolute atomic E-state index is 13.1. The summed E-state index contributed by atoms with van der Waals surface area (Å²) in [5.41, 5.74) is 0.567. The van der Waals surface area contributed by atoms with Gasteiger partial charge < -0.3 is 19.1 Å². The Morgan fingerprint density at radius 3 is 2.45 bits per heavy atom. The molecule has 1 aromatic rings. The normalized spacial score (nSPS) is 17.2. The van der Waals surface area contributed by atoms with E-state index >= 15 is 0 Å². The van der Waals surface area contributed by atoms with Crippen molar-refractivity contribution >= 4 is 17.8 Å². The van der Waals surface area contributed by atoms with Crippen LogP contribution in [0.3, 0.4) is 0 Å². The van der Waals surface area contributed by atoms with Crippen LogP contribution in [0.4, 0.5) is 0 Å². The summed E-state index contributed by atoms with van der Waals surface area (Å²) >= 11 is 0. The van der Waals surface area contributed by atoms with Crippen molar-refractivity contribution in [1.29, 1.82) is 0 Å². The fraction of sp³-hybridized carbons (Fsp3) is 0.421. The summed E-state index contributed by atoms with van der Waals surface area (Å²) in [4.78, 5) is 48.3. The van der Waals surface area contributed by atoms with Gasteiger partial charge in [0, 0.05) is 18.4 Å². The second kappa shape index (κ2) is 9.67. The summed E-state index contributed by atoms with van der Waals surface area (Å²) in [6.07, 6.45) is 1.39. The molecule has 1 amide bonds. The van der Waals surface area contributed by atoms with E-state index in [-0.39, 0.29) is 18.5 Å². The average molecular weight is 406 g/mol. The van der Waals surface area contributed by atoms with E-state index in [1.165, 1.54) is 25.2 Å². The fourth-order valence-corrected chi connectivity index (χ4v) is 2.97. The molecular formula is C19H22N2O8. The Kier molecular flexibility index (Phi) is 7.29. The highest BCUT2D eigenvalue weighted by Crippen LogP contribution is 2.25. The standard InChI is InChI=1S/C19H22N2O8/c1-12(22)29-11-17(21(25)26)15-8-9-16(19(24)28-3)20(18(15)23)10-13-4-6-14(27-2)7-5-13/h4-8,16-17H,9-11H2,1-3H3. The summed E-state index contributed by atoms with van der Waals surface area (Å²) in [5.74, 6) is -1.38. The van der Waals surface area contributed by atoms with Gasteiger partial charge in [-0.05, 0) is 24.1 Å². The van der Waals surface area contributed by atoms with Crippen molar-refractivity contribution in [3.05, 3.63) is 51.6 Å². The van der Waals surface area contributed by atoms with E-state index in [1.54, 1.807) is 24.3 Å². The highest BCUT2D eigenvalue weighted by molar-refractivity contribution is 5.98. The second-order valence-corrected chi connectivity index (χ2v) is 6.32. The molecule has 29 heavy (non-hydrogen) atoms. The van der Waals surface area contributed by atoms with Crippen molar-refractivity contribution < 1.29 is 33.5 Å². The van der Waals surface area contributed by atoms with E-state index in [2.05, 4.69) is 0 Å². The van der Waals surface area contributed by atoms with Crippen molar-refractivity contribution in [1.82, 2.24) is 4.90 Å². The summed E-state index contributed by atoms with van der Waals surface area (Å²) in [7, 11) is 2.73. The maximum Gasteiger partial charge on any atom is 0.328 e. The van der Waals surface area contributed by atoms with Gasteiger partial charge in [0.2, 0.25) is 0 Å². The van der Waals surface area contributed by atoms with Gasteiger partial charge in [-0.1, -0.05) is 18.2 Å². The van der Waals surface area contributed by atoms with Gasteiger partial charge in [-0.15, -0.1) is 0 Å². The van der Waals surface area contributed by atoms with Crippen molar-refractivity contribution in [2.45, 2.75) is 32.0 Å². The zero-order chi connectivity index (χ0) is 21.6. The Morgan fingerprint density at radius 2 is 1.93 bits per heavy atom. The van der Waals surface area contributed by atoms with Crippen molar-refractivity contribution in [3.63, 3.8) is 0 Å². The number of nitro groups is 1. The van der Waals surface area contributed by atoms with E-state index in [1.807, 2.05) is 0 Å². The summed E-state index contributed by atoms with van der Waals surface area (Å²) in [6, 6.07) is 4.41. The zero-order valence-electron chi connectivity index (χ0n) is 16.3. The molecule has 0 bridgehead atoms. The predicted octanol–water partition coefficient (Wildman–Crippen LogP) is 1.10. The number of ether oxygens (including phenoxy) is 3. The van der Waals surface area contributed by atoms with Crippen LogP contribution in [0.15, 0.2) is 35.9 Å². The Bertz CT molecular complexity index is 818. The summed E-state index contributed by atoms with van der Waals surface area (Å²) in [6.45, 7) is 0.592. The molecule has 0 spiro atoms. The highest BCUT2D eigenvalue weighted by atomic mass is 16.6. The molecule has 10 heteroatoms. The van der Waals surface area contributed by atoms with Crippen LogP contribution >= 0.6 is 0 Å². The van der Waals surface area contributed by atoms with Crippen LogP contribution in [-0.2, 0) is 30.4 Å². The molecule has 0 N–H and O–H groups in total. The quantitative estimate of drug-likeness (QED) is 0.357. The minimum atomic E-state index is -1.52. The van der Waals surface area contributed by atoms with Gasteiger partial charge in [-0.25, -0.2) is 4.79 Å². The fourth-order valence-electron chi connectivity index (χ4n) is 2.97. The number of carbonyl (C=O) groups excluding carboxylic acids is 3. The molecule has 0 aliphatic carbocycles. The molecule has 2 atom stereocenters. The van der Waals surface area contributed by atoms with Gasteiger partial charge in [0.05, 0.1) is 19.8 Å². The lowest BCUT2D eigenvalue weighted by Crippen LogP contribution is -2.50. The Labute approximate surface area is 167 Å². The molecule has 0 radical (unpaired) electrons. The first-order valence-corrected chi connectivity index (χ1v) is 8.77. The van der Waals surface area contributed by atoms with Gasteiger partial charge in [0.15, 0.2) is 6.61 Å². The van der Waals surface area contributed by atoms with Gasteiger partial charge in [0.25, 0.3) is 11.9 Å². The van der Waals surface area contributed by atoms with Crippen LogP contribution in [0.2, 0.25) is 0 Å². The molecule has 0 saturated heterocycles. The number of rotatable bonds is 8. The zero-order valence-corrected chi connectivity index (χ0v) is 16.3. The summed E-state index contributed by atoms with van der Waals surface area (Å²) in [5, 5.41) is 11.5. The molecule has 156 valence electrons. The third kappa shape index (κ3) is 5.31. The maximum atomic E-state index is 13.1. The molecule has 0 fully saturated rings.